The molecule has 0 spiro atoms. The molecule has 0 aromatic heterocycles. The van der Waals surface area contributed by atoms with Crippen LogP contribution in [0.15, 0.2) is 5.16 Å². The van der Waals surface area contributed by atoms with Crippen LogP contribution in [-0.2, 0) is 9.47 Å². The summed E-state index contributed by atoms with van der Waals surface area (Å²) in [6, 6.07) is 0. The number of ether oxygens (including phenoxy) is 2. The van der Waals surface area contributed by atoms with E-state index in [0.29, 0.717) is 5.71 Å². The zero-order chi connectivity index (χ0) is 7.98. The molecule has 0 fully saturated rings. The standard InChI is InChI=1S/C6H13NO3/c1-5(7-8)6(2)10-4-9-3/h6,8H,4H2,1-3H3. The van der Waals surface area contributed by atoms with Gasteiger partial charge in [-0.3, -0.25) is 0 Å². The van der Waals surface area contributed by atoms with Crippen LogP contribution in [0.5, 0.6) is 0 Å². The molecule has 0 aliphatic rings. The van der Waals surface area contributed by atoms with E-state index in [4.69, 9.17) is 9.94 Å². The van der Waals surface area contributed by atoms with Crippen molar-refractivity contribution < 1.29 is 14.7 Å². The van der Waals surface area contributed by atoms with Gasteiger partial charge in [-0.15, -0.1) is 0 Å². The molecule has 4 heteroatoms. The summed E-state index contributed by atoms with van der Waals surface area (Å²) >= 11 is 0. The molecule has 0 bridgehead atoms. The third kappa shape index (κ3) is 3.42. The normalized spacial score (nSPS) is 15.3. The number of oxime groups is 1. The molecule has 60 valence electrons. The predicted molar refractivity (Wildman–Crippen MR) is 37.3 cm³/mol. The van der Waals surface area contributed by atoms with Gasteiger partial charge in [0.25, 0.3) is 0 Å². The van der Waals surface area contributed by atoms with Crippen molar-refractivity contribution in [3.63, 3.8) is 0 Å². The second kappa shape index (κ2) is 5.20. The van der Waals surface area contributed by atoms with Crippen LogP contribution in [-0.4, -0.2) is 30.9 Å². The molecule has 0 aliphatic carbocycles. The van der Waals surface area contributed by atoms with Gasteiger partial charge in [0.15, 0.2) is 0 Å². The summed E-state index contributed by atoms with van der Waals surface area (Å²) in [5, 5.41) is 11.2. The average Bonchev–Trinajstić information content (AvgIpc) is 1.98. The molecule has 0 heterocycles. The van der Waals surface area contributed by atoms with Gasteiger partial charge in [0, 0.05) is 7.11 Å². The summed E-state index contributed by atoms with van der Waals surface area (Å²) in [7, 11) is 1.54. The van der Waals surface area contributed by atoms with Crippen molar-refractivity contribution in [1.82, 2.24) is 0 Å². The number of methoxy groups -OCH3 is 1. The van der Waals surface area contributed by atoms with E-state index >= 15 is 0 Å². The lowest BCUT2D eigenvalue weighted by molar-refractivity contribution is -0.0442. The predicted octanol–water partition coefficient (Wildman–Crippen LogP) is 0.846. The first-order valence-electron chi connectivity index (χ1n) is 3.01. The smallest absolute Gasteiger partial charge is 0.147 e. The highest BCUT2D eigenvalue weighted by Crippen LogP contribution is 1.93. The molecular weight excluding hydrogens is 134 g/mol. The fraction of sp³-hybridized carbons (Fsp3) is 0.833. The summed E-state index contributed by atoms with van der Waals surface area (Å²) in [6.07, 6.45) is -0.190. The molecule has 0 rings (SSSR count). The van der Waals surface area contributed by atoms with Crippen molar-refractivity contribution in [3.8, 4) is 0 Å². The maximum Gasteiger partial charge on any atom is 0.147 e. The molecule has 0 aromatic carbocycles. The van der Waals surface area contributed by atoms with Crippen LogP contribution in [0.4, 0.5) is 0 Å². The first-order valence-corrected chi connectivity index (χ1v) is 3.01. The number of rotatable bonds is 4. The Morgan fingerprint density at radius 1 is 1.70 bits per heavy atom. The molecule has 1 unspecified atom stereocenters. The fourth-order valence-corrected chi connectivity index (χ4v) is 0.372. The van der Waals surface area contributed by atoms with E-state index in [0.717, 1.165) is 0 Å². The van der Waals surface area contributed by atoms with Gasteiger partial charge in [-0.1, -0.05) is 5.16 Å². The van der Waals surface area contributed by atoms with Crippen LogP contribution in [0.2, 0.25) is 0 Å². The molecule has 1 atom stereocenters. The van der Waals surface area contributed by atoms with Crippen molar-refractivity contribution in [3.05, 3.63) is 0 Å². The maximum absolute atomic E-state index is 8.27. The number of nitrogens with zero attached hydrogens (tertiary/aromatic N) is 1. The highest BCUT2D eigenvalue weighted by atomic mass is 16.7. The van der Waals surface area contributed by atoms with Crippen molar-refractivity contribution in [1.29, 1.82) is 0 Å². The van der Waals surface area contributed by atoms with Gasteiger partial charge < -0.3 is 14.7 Å². The van der Waals surface area contributed by atoms with Gasteiger partial charge >= 0.3 is 0 Å². The van der Waals surface area contributed by atoms with E-state index in [1.807, 2.05) is 0 Å². The number of hydrogen-bond donors (Lipinski definition) is 1. The van der Waals surface area contributed by atoms with Gasteiger partial charge in [0.1, 0.15) is 6.79 Å². The van der Waals surface area contributed by atoms with E-state index < -0.39 is 0 Å². The summed E-state index contributed by atoms with van der Waals surface area (Å²) in [6.45, 7) is 3.68. The fourth-order valence-electron chi connectivity index (χ4n) is 0.372. The van der Waals surface area contributed by atoms with Crippen molar-refractivity contribution >= 4 is 5.71 Å². The lowest BCUT2D eigenvalue weighted by Gasteiger charge is -2.09. The Morgan fingerprint density at radius 3 is 2.70 bits per heavy atom. The van der Waals surface area contributed by atoms with Crippen molar-refractivity contribution in [2.24, 2.45) is 5.16 Å². The molecule has 10 heavy (non-hydrogen) atoms. The van der Waals surface area contributed by atoms with Crippen molar-refractivity contribution in [2.45, 2.75) is 20.0 Å². The van der Waals surface area contributed by atoms with Gasteiger partial charge in [0.2, 0.25) is 0 Å². The largest absolute Gasteiger partial charge is 0.411 e. The van der Waals surface area contributed by atoms with E-state index in [-0.39, 0.29) is 12.9 Å². The summed E-state index contributed by atoms with van der Waals surface area (Å²) in [4.78, 5) is 0. The Morgan fingerprint density at radius 2 is 2.30 bits per heavy atom. The summed E-state index contributed by atoms with van der Waals surface area (Å²) < 4.78 is 9.68. The minimum atomic E-state index is -0.190. The van der Waals surface area contributed by atoms with E-state index in [2.05, 4.69) is 9.89 Å². The Labute approximate surface area is 60.4 Å². The molecule has 0 saturated carbocycles. The lowest BCUT2D eigenvalue weighted by Crippen LogP contribution is -2.18. The highest BCUT2D eigenvalue weighted by molar-refractivity contribution is 5.85. The molecule has 0 radical (unpaired) electrons. The van der Waals surface area contributed by atoms with Crippen LogP contribution in [0, 0.1) is 0 Å². The van der Waals surface area contributed by atoms with Crippen LogP contribution in [0.3, 0.4) is 0 Å². The maximum atomic E-state index is 8.27. The van der Waals surface area contributed by atoms with Crippen LogP contribution in [0.25, 0.3) is 0 Å². The molecule has 0 saturated heterocycles. The monoisotopic (exact) mass is 147 g/mol. The zero-order valence-electron chi connectivity index (χ0n) is 6.50. The average molecular weight is 147 g/mol. The second-order valence-electron chi connectivity index (χ2n) is 1.96. The van der Waals surface area contributed by atoms with E-state index in [1.165, 1.54) is 7.11 Å². The quantitative estimate of drug-likeness (QED) is 0.277. The topological polar surface area (TPSA) is 51.0 Å². The molecule has 0 aromatic rings. The van der Waals surface area contributed by atoms with Gasteiger partial charge in [-0.2, -0.15) is 0 Å². The first kappa shape index (κ1) is 9.39. The SMILES string of the molecule is COCOC(C)C(C)=NO. The molecular formula is C6H13NO3. The summed E-state index contributed by atoms with van der Waals surface area (Å²) in [5.74, 6) is 0. The number of hydrogen-bond acceptors (Lipinski definition) is 4. The van der Waals surface area contributed by atoms with Gasteiger partial charge in [-0.05, 0) is 13.8 Å². The minimum Gasteiger partial charge on any atom is -0.411 e. The zero-order valence-corrected chi connectivity index (χ0v) is 6.50. The van der Waals surface area contributed by atoms with Gasteiger partial charge in [0.05, 0.1) is 11.8 Å². The van der Waals surface area contributed by atoms with E-state index in [1.54, 1.807) is 13.8 Å². The van der Waals surface area contributed by atoms with E-state index in [9.17, 15) is 0 Å². The van der Waals surface area contributed by atoms with Crippen LogP contribution < -0.4 is 0 Å². The minimum absolute atomic E-state index is 0.190. The highest BCUT2D eigenvalue weighted by Gasteiger charge is 2.04. The Balaban J connectivity index is 3.51. The molecule has 1 N–H and O–H groups in total. The summed E-state index contributed by atoms with van der Waals surface area (Å²) in [5.41, 5.74) is 0.539. The van der Waals surface area contributed by atoms with Crippen LogP contribution in [0.1, 0.15) is 13.8 Å². The Hall–Kier alpha value is -0.610. The lowest BCUT2D eigenvalue weighted by atomic mass is 10.3. The molecule has 4 nitrogen and oxygen atoms in total. The van der Waals surface area contributed by atoms with Crippen molar-refractivity contribution in [2.75, 3.05) is 13.9 Å². The third-order valence-corrected chi connectivity index (χ3v) is 1.18. The molecule has 0 aliphatic heterocycles. The Kier molecular flexibility index (Phi) is 4.88. The van der Waals surface area contributed by atoms with Gasteiger partial charge in [-0.25, -0.2) is 0 Å². The van der Waals surface area contributed by atoms with Crippen LogP contribution >= 0.6 is 0 Å². The third-order valence-electron chi connectivity index (χ3n) is 1.18. The second-order valence-corrected chi connectivity index (χ2v) is 1.96. The Bertz CT molecular complexity index is 114. The first-order chi connectivity index (χ1) is 4.72. The molecule has 0 amide bonds.